The predicted molar refractivity (Wildman–Crippen MR) is 126 cm³/mol. The average molecular weight is 487 g/mol. The molecule has 0 bridgehead atoms. The van der Waals surface area contributed by atoms with E-state index in [9.17, 15) is 17.6 Å². The molecule has 3 aromatic rings. The lowest BCUT2D eigenvalue weighted by atomic mass is 10.2. The van der Waals surface area contributed by atoms with Crippen molar-refractivity contribution in [2.45, 2.75) is 44.1 Å². The number of aromatic nitrogens is 2. The van der Waals surface area contributed by atoms with Crippen LogP contribution in [-0.4, -0.2) is 47.6 Å². The Morgan fingerprint density at radius 1 is 1.06 bits per heavy atom. The molecule has 0 saturated carbocycles. The summed E-state index contributed by atoms with van der Waals surface area (Å²) in [6, 6.07) is 11.7. The summed E-state index contributed by atoms with van der Waals surface area (Å²) in [6.45, 7) is 4.65. The fraction of sp³-hybridized carbons (Fsp3) is 0.333. The number of hydrogen-bond acceptors (Lipinski definition) is 5. The topological polar surface area (TPSA) is 93.5 Å². The molecular weight excluding hydrogens is 459 g/mol. The summed E-state index contributed by atoms with van der Waals surface area (Å²) in [5.41, 5.74) is 0.955. The fourth-order valence-electron chi connectivity index (χ4n) is 3.75. The van der Waals surface area contributed by atoms with Crippen molar-refractivity contribution >= 4 is 21.6 Å². The Kier molecular flexibility index (Phi) is 6.99. The van der Waals surface area contributed by atoms with Gasteiger partial charge in [0.1, 0.15) is 11.6 Å². The summed E-state index contributed by atoms with van der Waals surface area (Å²) in [5.74, 6) is -0.535. The number of rotatable bonds is 7. The number of amides is 1. The van der Waals surface area contributed by atoms with Crippen LogP contribution in [0.2, 0.25) is 0 Å². The van der Waals surface area contributed by atoms with Gasteiger partial charge in [-0.2, -0.15) is 9.40 Å². The molecule has 1 saturated heterocycles. The second kappa shape index (κ2) is 9.94. The van der Waals surface area contributed by atoms with Crippen LogP contribution >= 0.6 is 0 Å². The average Bonchev–Trinajstić information content (AvgIpc) is 3.31. The van der Waals surface area contributed by atoms with E-state index in [2.05, 4.69) is 10.4 Å². The first-order valence-electron chi connectivity index (χ1n) is 11.2. The molecule has 1 aliphatic rings. The molecule has 0 atom stereocenters. The summed E-state index contributed by atoms with van der Waals surface area (Å²) < 4.78 is 48.2. The van der Waals surface area contributed by atoms with E-state index in [1.54, 1.807) is 24.4 Å². The fourth-order valence-corrected chi connectivity index (χ4v) is 5.29. The molecule has 0 spiro atoms. The first kappa shape index (κ1) is 23.9. The van der Waals surface area contributed by atoms with Crippen molar-refractivity contribution < 1.29 is 22.3 Å². The molecule has 0 unspecified atom stereocenters. The molecule has 1 aromatic heterocycles. The van der Waals surface area contributed by atoms with Crippen LogP contribution in [-0.2, 0) is 10.0 Å². The zero-order chi connectivity index (χ0) is 24.3. The van der Waals surface area contributed by atoms with Gasteiger partial charge in [-0.25, -0.2) is 17.5 Å². The number of sulfonamides is 1. The summed E-state index contributed by atoms with van der Waals surface area (Å²) in [4.78, 5) is 13.0. The molecule has 10 heteroatoms. The van der Waals surface area contributed by atoms with Gasteiger partial charge in [0.2, 0.25) is 10.0 Å². The number of nitrogens with zero attached hydrogens (tertiary/aromatic N) is 3. The van der Waals surface area contributed by atoms with Crippen molar-refractivity contribution in [3.05, 3.63) is 66.2 Å². The van der Waals surface area contributed by atoms with Gasteiger partial charge in [-0.15, -0.1) is 0 Å². The van der Waals surface area contributed by atoms with E-state index < -0.39 is 15.9 Å². The number of ether oxygens (including phenoxy) is 1. The SMILES string of the molecule is CC(C)Oc1ccc(S(=O)(=O)N2CCCCC2)cc1NC(=O)c1ccn(-c2ccc(F)cc2)n1. The van der Waals surface area contributed by atoms with Gasteiger partial charge in [-0.3, -0.25) is 4.79 Å². The molecule has 1 fully saturated rings. The molecule has 1 N–H and O–H groups in total. The highest BCUT2D eigenvalue weighted by Gasteiger charge is 2.27. The van der Waals surface area contributed by atoms with E-state index in [1.807, 2.05) is 13.8 Å². The van der Waals surface area contributed by atoms with Crippen molar-refractivity contribution in [2.75, 3.05) is 18.4 Å². The number of benzene rings is 2. The number of piperidine rings is 1. The summed E-state index contributed by atoms with van der Waals surface area (Å²) >= 11 is 0. The van der Waals surface area contributed by atoms with Gasteiger partial charge >= 0.3 is 0 Å². The predicted octanol–water partition coefficient (Wildman–Crippen LogP) is 4.23. The maximum atomic E-state index is 13.2. The second-order valence-electron chi connectivity index (χ2n) is 8.37. The van der Waals surface area contributed by atoms with E-state index in [0.29, 0.717) is 24.5 Å². The minimum Gasteiger partial charge on any atom is -0.489 e. The summed E-state index contributed by atoms with van der Waals surface area (Å²) in [6.07, 6.45) is 4.07. The molecule has 2 aromatic carbocycles. The molecular formula is C24H27FN4O4S. The number of carbonyl (C=O) groups is 1. The third kappa shape index (κ3) is 5.28. The van der Waals surface area contributed by atoms with E-state index in [0.717, 1.165) is 19.3 Å². The molecule has 2 heterocycles. The maximum absolute atomic E-state index is 13.2. The third-order valence-electron chi connectivity index (χ3n) is 5.43. The van der Waals surface area contributed by atoms with E-state index >= 15 is 0 Å². The molecule has 34 heavy (non-hydrogen) atoms. The number of anilines is 1. The number of halogens is 1. The summed E-state index contributed by atoms with van der Waals surface area (Å²) in [7, 11) is -3.69. The number of carbonyl (C=O) groups excluding carboxylic acids is 1. The van der Waals surface area contributed by atoms with Gasteiger partial charge < -0.3 is 10.1 Å². The Labute approximate surface area is 198 Å². The monoisotopic (exact) mass is 486 g/mol. The smallest absolute Gasteiger partial charge is 0.276 e. The highest BCUT2D eigenvalue weighted by atomic mass is 32.2. The molecule has 0 aliphatic carbocycles. The standard InChI is InChI=1S/C24H27FN4O4S/c1-17(2)33-23-11-10-20(34(31,32)28-13-4-3-5-14-28)16-22(23)26-24(30)21-12-15-29(27-21)19-8-6-18(25)7-9-19/h6-12,15-17H,3-5,13-14H2,1-2H3,(H,26,30). The zero-order valence-electron chi connectivity index (χ0n) is 19.1. The van der Waals surface area contributed by atoms with Crippen molar-refractivity contribution in [1.29, 1.82) is 0 Å². The lowest BCUT2D eigenvalue weighted by molar-refractivity contribution is 0.102. The van der Waals surface area contributed by atoms with Crippen molar-refractivity contribution in [3.63, 3.8) is 0 Å². The highest BCUT2D eigenvalue weighted by Crippen LogP contribution is 2.31. The molecule has 180 valence electrons. The molecule has 0 radical (unpaired) electrons. The van der Waals surface area contributed by atoms with Crippen LogP contribution in [0.5, 0.6) is 5.75 Å². The van der Waals surface area contributed by atoms with Gasteiger partial charge in [0.05, 0.1) is 22.4 Å². The van der Waals surface area contributed by atoms with Gasteiger partial charge in [0, 0.05) is 19.3 Å². The quantitative estimate of drug-likeness (QED) is 0.540. The van der Waals surface area contributed by atoms with Crippen LogP contribution < -0.4 is 10.1 Å². The van der Waals surface area contributed by atoms with Crippen LogP contribution in [0.25, 0.3) is 5.69 Å². The highest BCUT2D eigenvalue weighted by molar-refractivity contribution is 7.89. The third-order valence-corrected chi connectivity index (χ3v) is 7.32. The molecule has 8 nitrogen and oxygen atoms in total. The van der Waals surface area contributed by atoms with Crippen molar-refractivity contribution in [1.82, 2.24) is 14.1 Å². The van der Waals surface area contributed by atoms with Gasteiger partial charge in [-0.1, -0.05) is 6.42 Å². The van der Waals surface area contributed by atoms with Gasteiger partial charge in [0.15, 0.2) is 5.69 Å². The molecule has 4 rings (SSSR count). The largest absolute Gasteiger partial charge is 0.489 e. The van der Waals surface area contributed by atoms with E-state index in [4.69, 9.17) is 4.74 Å². The Morgan fingerprint density at radius 3 is 2.44 bits per heavy atom. The Balaban J connectivity index is 1.61. The molecule has 1 amide bonds. The van der Waals surface area contributed by atoms with Crippen LogP contribution in [0, 0.1) is 5.82 Å². The van der Waals surface area contributed by atoms with E-state index in [1.165, 1.54) is 39.3 Å². The lowest BCUT2D eigenvalue weighted by Gasteiger charge is -2.26. The normalized spacial score (nSPS) is 14.8. The van der Waals surface area contributed by atoms with Crippen LogP contribution in [0.15, 0.2) is 59.6 Å². The molecule has 1 aliphatic heterocycles. The number of nitrogens with one attached hydrogen (secondary N) is 1. The van der Waals surface area contributed by atoms with Crippen molar-refractivity contribution in [3.8, 4) is 11.4 Å². The Morgan fingerprint density at radius 2 is 1.76 bits per heavy atom. The minimum absolute atomic E-state index is 0.0950. The van der Waals surface area contributed by atoms with Gasteiger partial charge in [0.25, 0.3) is 5.91 Å². The number of hydrogen-bond donors (Lipinski definition) is 1. The second-order valence-corrected chi connectivity index (χ2v) is 10.3. The van der Waals surface area contributed by atoms with Crippen LogP contribution in [0.3, 0.4) is 0 Å². The minimum atomic E-state index is -3.69. The van der Waals surface area contributed by atoms with Crippen molar-refractivity contribution in [2.24, 2.45) is 0 Å². The maximum Gasteiger partial charge on any atom is 0.276 e. The Hall–Kier alpha value is -3.24. The zero-order valence-corrected chi connectivity index (χ0v) is 19.9. The Bertz CT molecular complexity index is 1270. The van der Waals surface area contributed by atoms with E-state index in [-0.39, 0.29) is 28.2 Å². The first-order chi connectivity index (χ1) is 16.2. The van der Waals surface area contributed by atoms with Gasteiger partial charge in [-0.05, 0) is 75.2 Å². The summed E-state index contributed by atoms with van der Waals surface area (Å²) in [5, 5.41) is 7.00. The first-order valence-corrected chi connectivity index (χ1v) is 12.6. The van der Waals surface area contributed by atoms with Crippen LogP contribution in [0.1, 0.15) is 43.6 Å². The van der Waals surface area contributed by atoms with Crippen LogP contribution in [0.4, 0.5) is 10.1 Å². The lowest BCUT2D eigenvalue weighted by Crippen LogP contribution is -2.35.